The number of amides is 2. The summed E-state index contributed by atoms with van der Waals surface area (Å²) in [5.74, 6) is -0.244. The third-order valence-electron chi connectivity index (χ3n) is 4.77. The highest BCUT2D eigenvalue weighted by atomic mass is 32.2. The van der Waals surface area contributed by atoms with Crippen LogP contribution in [0.2, 0.25) is 0 Å². The van der Waals surface area contributed by atoms with Crippen molar-refractivity contribution in [1.82, 2.24) is 14.6 Å². The van der Waals surface area contributed by atoms with Crippen molar-refractivity contribution in [2.75, 3.05) is 31.2 Å². The first-order valence-electron chi connectivity index (χ1n) is 9.37. The molecule has 2 amide bonds. The molecule has 1 unspecified atom stereocenters. The molecule has 8 nitrogen and oxygen atoms in total. The lowest BCUT2D eigenvalue weighted by Gasteiger charge is -2.32. The van der Waals surface area contributed by atoms with Crippen LogP contribution in [0.15, 0.2) is 48.8 Å². The Kier molecular flexibility index (Phi) is 6.60. The molecule has 1 aromatic carbocycles. The molecule has 9 heteroatoms. The summed E-state index contributed by atoms with van der Waals surface area (Å²) in [4.78, 5) is 30.6. The fraction of sp³-hybridized carbons (Fsp3) is 0.350. The zero-order chi connectivity index (χ0) is 20.9. The van der Waals surface area contributed by atoms with Crippen molar-refractivity contribution in [1.29, 1.82) is 0 Å². The van der Waals surface area contributed by atoms with Gasteiger partial charge in [0.15, 0.2) is 0 Å². The number of sulfonamides is 1. The molecule has 1 aliphatic rings. The van der Waals surface area contributed by atoms with Crippen molar-refractivity contribution >= 4 is 27.5 Å². The smallest absolute Gasteiger partial charge is 0.255 e. The zero-order valence-electron chi connectivity index (χ0n) is 16.2. The quantitative estimate of drug-likeness (QED) is 0.746. The molecular formula is C20H24N4O4S. The van der Waals surface area contributed by atoms with E-state index in [0.717, 1.165) is 19.1 Å². The molecule has 1 fully saturated rings. The van der Waals surface area contributed by atoms with E-state index in [1.807, 2.05) is 0 Å². The van der Waals surface area contributed by atoms with Crippen LogP contribution in [0.4, 0.5) is 5.69 Å². The van der Waals surface area contributed by atoms with Gasteiger partial charge in [0, 0.05) is 48.8 Å². The van der Waals surface area contributed by atoms with Gasteiger partial charge in [-0.05, 0) is 55.2 Å². The molecule has 0 aliphatic carbocycles. The highest BCUT2D eigenvalue weighted by Crippen LogP contribution is 2.19. The van der Waals surface area contributed by atoms with Gasteiger partial charge in [0.1, 0.15) is 0 Å². The Bertz CT molecular complexity index is 962. The van der Waals surface area contributed by atoms with Crippen LogP contribution in [0.3, 0.4) is 0 Å². The minimum atomic E-state index is -3.24. The van der Waals surface area contributed by atoms with Crippen LogP contribution >= 0.6 is 0 Å². The number of piperidine rings is 1. The first kappa shape index (κ1) is 20.9. The van der Waals surface area contributed by atoms with Gasteiger partial charge in [-0.2, -0.15) is 0 Å². The van der Waals surface area contributed by atoms with E-state index in [2.05, 4.69) is 15.0 Å². The van der Waals surface area contributed by atoms with Crippen molar-refractivity contribution in [3.8, 4) is 0 Å². The van der Waals surface area contributed by atoms with E-state index in [0.29, 0.717) is 36.4 Å². The molecule has 0 radical (unpaired) electrons. The van der Waals surface area contributed by atoms with Crippen LogP contribution in [0.5, 0.6) is 0 Å². The maximum Gasteiger partial charge on any atom is 0.255 e. The minimum absolute atomic E-state index is 0.0962. The average molecular weight is 417 g/mol. The molecule has 154 valence electrons. The average Bonchev–Trinajstić information content (AvgIpc) is 2.72. The molecule has 1 aliphatic heterocycles. The Morgan fingerprint density at radius 3 is 2.45 bits per heavy atom. The van der Waals surface area contributed by atoms with Crippen molar-refractivity contribution < 1.29 is 18.0 Å². The number of carbonyl (C=O) groups is 2. The van der Waals surface area contributed by atoms with Crippen molar-refractivity contribution in [3.05, 3.63) is 59.9 Å². The number of pyridine rings is 1. The SMILES string of the molecule is CS(=O)(=O)NCC1CCCN(C(=O)c2ccc(NC(=O)c3ccncc3)cc2)C1. The summed E-state index contributed by atoms with van der Waals surface area (Å²) in [7, 11) is -3.24. The lowest BCUT2D eigenvalue weighted by atomic mass is 9.97. The maximum atomic E-state index is 12.8. The van der Waals surface area contributed by atoms with E-state index in [1.54, 1.807) is 53.7 Å². The number of carbonyl (C=O) groups excluding carboxylic acids is 2. The number of hydrogen-bond acceptors (Lipinski definition) is 5. The largest absolute Gasteiger partial charge is 0.338 e. The monoisotopic (exact) mass is 416 g/mol. The van der Waals surface area contributed by atoms with E-state index in [4.69, 9.17) is 0 Å². The molecule has 0 spiro atoms. The molecule has 1 atom stereocenters. The van der Waals surface area contributed by atoms with Crippen LogP contribution in [0.1, 0.15) is 33.6 Å². The third kappa shape index (κ3) is 6.10. The van der Waals surface area contributed by atoms with E-state index < -0.39 is 10.0 Å². The number of anilines is 1. The normalized spacial score (nSPS) is 17.0. The Morgan fingerprint density at radius 1 is 1.10 bits per heavy atom. The van der Waals surface area contributed by atoms with Gasteiger partial charge in [-0.25, -0.2) is 13.1 Å². The Labute approximate surface area is 170 Å². The van der Waals surface area contributed by atoms with Gasteiger partial charge in [-0.15, -0.1) is 0 Å². The molecular weight excluding hydrogens is 392 g/mol. The fourth-order valence-electron chi connectivity index (χ4n) is 3.27. The van der Waals surface area contributed by atoms with Crippen LogP contribution < -0.4 is 10.0 Å². The van der Waals surface area contributed by atoms with Gasteiger partial charge in [0.25, 0.3) is 11.8 Å². The van der Waals surface area contributed by atoms with Gasteiger partial charge in [-0.3, -0.25) is 14.6 Å². The van der Waals surface area contributed by atoms with Gasteiger partial charge in [0.2, 0.25) is 10.0 Å². The highest BCUT2D eigenvalue weighted by Gasteiger charge is 2.25. The van der Waals surface area contributed by atoms with Crippen LogP contribution in [-0.4, -0.2) is 56.0 Å². The number of aromatic nitrogens is 1. The number of nitrogens with one attached hydrogen (secondary N) is 2. The van der Waals surface area contributed by atoms with Crippen molar-refractivity contribution in [3.63, 3.8) is 0 Å². The molecule has 2 aromatic rings. The summed E-state index contributed by atoms with van der Waals surface area (Å²) in [6.45, 7) is 1.50. The summed E-state index contributed by atoms with van der Waals surface area (Å²) in [5.41, 5.74) is 1.63. The summed E-state index contributed by atoms with van der Waals surface area (Å²) in [5, 5.41) is 2.79. The van der Waals surface area contributed by atoms with Gasteiger partial charge in [0.05, 0.1) is 6.26 Å². The molecule has 0 bridgehead atoms. The zero-order valence-corrected chi connectivity index (χ0v) is 17.0. The van der Waals surface area contributed by atoms with E-state index >= 15 is 0 Å². The number of likely N-dealkylation sites (tertiary alicyclic amines) is 1. The first-order chi connectivity index (χ1) is 13.8. The number of hydrogen-bond donors (Lipinski definition) is 2. The van der Waals surface area contributed by atoms with Gasteiger partial charge >= 0.3 is 0 Å². The lowest BCUT2D eigenvalue weighted by molar-refractivity contribution is 0.0676. The van der Waals surface area contributed by atoms with Gasteiger partial charge < -0.3 is 10.2 Å². The fourth-order valence-corrected chi connectivity index (χ4v) is 3.81. The first-order valence-corrected chi connectivity index (χ1v) is 11.3. The summed E-state index contributed by atoms with van der Waals surface area (Å²) < 4.78 is 25.1. The second-order valence-electron chi connectivity index (χ2n) is 7.15. The Hall–Kier alpha value is -2.78. The number of nitrogens with zero attached hydrogens (tertiary/aromatic N) is 2. The second-order valence-corrected chi connectivity index (χ2v) is 8.98. The summed E-state index contributed by atoms with van der Waals surface area (Å²) in [6, 6.07) is 10.0. The van der Waals surface area contributed by atoms with Crippen molar-refractivity contribution in [2.45, 2.75) is 12.8 Å². The van der Waals surface area contributed by atoms with Crippen LogP contribution in [0, 0.1) is 5.92 Å². The lowest BCUT2D eigenvalue weighted by Crippen LogP contribution is -2.43. The summed E-state index contributed by atoms with van der Waals surface area (Å²) in [6.07, 6.45) is 5.95. The van der Waals surface area contributed by atoms with Gasteiger partial charge in [-0.1, -0.05) is 0 Å². The second kappa shape index (κ2) is 9.15. The topological polar surface area (TPSA) is 108 Å². The molecule has 1 saturated heterocycles. The maximum absolute atomic E-state index is 12.8. The van der Waals surface area contributed by atoms with Crippen LogP contribution in [-0.2, 0) is 10.0 Å². The van der Waals surface area contributed by atoms with E-state index in [1.165, 1.54) is 0 Å². The van der Waals surface area contributed by atoms with Crippen LogP contribution in [0.25, 0.3) is 0 Å². The number of rotatable bonds is 6. The molecule has 2 heterocycles. The molecule has 3 rings (SSSR count). The molecule has 29 heavy (non-hydrogen) atoms. The van der Waals surface area contributed by atoms with E-state index in [-0.39, 0.29) is 17.7 Å². The number of benzene rings is 1. The van der Waals surface area contributed by atoms with Crippen molar-refractivity contribution in [2.24, 2.45) is 5.92 Å². The third-order valence-corrected chi connectivity index (χ3v) is 5.46. The Morgan fingerprint density at radius 2 is 1.79 bits per heavy atom. The van der Waals surface area contributed by atoms with E-state index in [9.17, 15) is 18.0 Å². The molecule has 1 aromatic heterocycles. The highest BCUT2D eigenvalue weighted by molar-refractivity contribution is 7.88. The summed E-state index contributed by atoms with van der Waals surface area (Å²) >= 11 is 0. The Balaban J connectivity index is 1.59. The standard InChI is InChI=1S/C20H24N4O4S/c1-29(27,28)22-13-15-3-2-12-24(14-15)20(26)17-4-6-18(7-5-17)23-19(25)16-8-10-21-11-9-16/h4-11,15,22H,2-3,12-14H2,1H3,(H,23,25). The predicted octanol–water partition coefficient (Wildman–Crippen LogP) is 1.74. The minimum Gasteiger partial charge on any atom is -0.338 e. The molecule has 2 N–H and O–H groups in total. The predicted molar refractivity (Wildman–Crippen MR) is 110 cm³/mol. The molecule has 0 saturated carbocycles.